The van der Waals surface area contributed by atoms with Crippen molar-refractivity contribution in [2.24, 2.45) is 0 Å². The summed E-state index contributed by atoms with van der Waals surface area (Å²) in [5, 5.41) is 0.893. The number of rotatable bonds is 1. The average Bonchev–Trinajstić information content (AvgIpc) is 2.47. The van der Waals surface area contributed by atoms with E-state index in [2.05, 4.69) is 41.1 Å². The summed E-state index contributed by atoms with van der Waals surface area (Å²) in [5.74, 6) is 0. The topological polar surface area (TPSA) is 26.0 Å². The lowest BCUT2D eigenvalue weighted by Crippen LogP contribution is -1.82. The number of nitrogen functional groups attached to an aromatic ring is 1. The van der Waals surface area contributed by atoms with Gasteiger partial charge < -0.3 is 5.73 Å². The highest BCUT2D eigenvalue weighted by atomic mass is 79.9. The molecule has 2 N–H and O–H groups in total. The average molecular weight is 268 g/mol. The quantitative estimate of drug-likeness (QED) is 0.829. The van der Waals surface area contributed by atoms with Crippen LogP contribution in [0.15, 0.2) is 34.8 Å². The highest BCUT2D eigenvalue weighted by Crippen LogP contribution is 2.33. The summed E-state index contributed by atoms with van der Waals surface area (Å²) in [5.41, 5.74) is 8.23. The number of hydrogen-bond acceptors (Lipinski definition) is 2. The van der Waals surface area contributed by atoms with E-state index in [4.69, 9.17) is 5.73 Å². The van der Waals surface area contributed by atoms with Crippen LogP contribution in [0.2, 0.25) is 0 Å². The fourth-order valence-corrected chi connectivity index (χ4v) is 2.46. The van der Waals surface area contributed by atoms with Crippen LogP contribution in [0.4, 0.5) is 5.00 Å². The second-order valence-corrected chi connectivity index (χ2v) is 5.35. The molecule has 0 aliphatic carbocycles. The highest BCUT2D eigenvalue weighted by Gasteiger charge is 2.05. The molecule has 2 aromatic rings. The van der Waals surface area contributed by atoms with Gasteiger partial charge in [-0.05, 0) is 30.7 Å². The molecule has 1 heterocycles. The van der Waals surface area contributed by atoms with Crippen LogP contribution >= 0.6 is 27.3 Å². The van der Waals surface area contributed by atoms with E-state index in [1.165, 1.54) is 10.4 Å². The first-order valence-corrected chi connectivity index (χ1v) is 5.89. The minimum atomic E-state index is 0.893. The zero-order chi connectivity index (χ0) is 10.1. The molecule has 1 nitrogen and oxygen atoms in total. The molecule has 0 atom stereocenters. The maximum Gasteiger partial charge on any atom is 0.0938 e. The normalized spacial score (nSPS) is 10.4. The van der Waals surface area contributed by atoms with E-state index in [1.807, 2.05) is 12.1 Å². The summed E-state index contributed by atoms with van der Waals surface area (Å²) in [6, 6.07) is 10.3. The molecular weight excluding hydrogens is 258 g/mol. The molecule has 3 heteroatoms. The van der Waals surface area contributed by atoms with Gasteiger partial charge in [0.05, 0.1) is 5.00 Å². The van der Waals surface area contributed by atoms with Gasteiger partial charge in [-0.25, -0.2) is 0 Å². The molecular formula is C11H10BrNS. The Balaban J connectivity index is 2.49. The van der Waals surface area contributed by atoms with E-state index >= 15 is 0 Å². The summed E-state index contributed by atoms with van der Waals surface area (Å²) in [6.45, 7) is 2.07. The zero-order valence-corrected chi connectivity index (χ0v) is 10.2. The maximum absolute atomic E-state index is 5.92. The predicted octanol–water partition coefficient (Wildman–Crippen LogP) is 4.07. The van der Waals surface area contributed by atoms with Gasteiger partial charge in [0, 0.05) is 14.9 Å². The van der Waals surface area contributed by atoms with Crippen LogP contribution in [0.25, 0.3) is 11.1 Å². The van der Waals surface area contributed by atoms with E-state index in [1.54, 1.807) is 11.3 Å². The lowest BCUT2D eigenvalue weighted by Gasteiger charge is -1.99. The summed E-state index contributed by atoms with van der Waals surface area (Å²) in [4.78, 5) is 1.25. The molecule has 0 fully saturated rings. The van der Waals surface area contributed by atoms with Gasteiger partial charge >= 0.3 is 0 Å². The number of halogens is 1. The van der Waals surface area contributed by atoms with Gasteiger partial charge in [-0.15, -0.1) is 11.3 Å². The molecule has 0 amide bonds. The minimum absolute atomic E-state index is 0.893. The Hall–Kier alpha value is -0.800. The molecule has 2 rings (SSSR count). The van der Waals surface area contributed by atoms with Gasteiger partial charge in [0.1, 0.15) is 0 Å². The largest absolute Gasteiger partial charge is 0.390 e. The summed E-state index contributed by atoms with van der Waals surface area (Å²) in [6.07, 6.45) is 0. The fraction of sp³-hybridized carbons (Fsp3) is 0.0909. The monoisotopic (exact) mass is 267 g/mol. The first-order valence-electron chi connectivity index (χ1n) is 4.28. The molecule has 14 heavy (non-hydrogen) atoms. The number of nitrogens with two attached hydrogens (primary N) is 1. The van der Waals surface area contributed by atoms with Crippen molar-refractivity contribution in [2.75, 3.05) is 5.73 Å². The summed E-state index contributed by atoms with van der Waals surface area (Å²) in [7, 11) is 0. The zero-order valence-electron chi connectivity index (χ0n) is 7.75. The van der Waals surface area contributed by atoms with Gasteiger partial charge in [0.25, 0.3) is 0 Å². The standard InChI is InChI=1S/C11H10BrNS/c1-7-6-10(11(13)14-7)8-2-4-9(12)5-3-8/h2-6H,13H2,1H3. The molecule has 1 aromatic heterocycles. The smallest absolute Gasteiger partial charge is 0.0938 e. The van der Waals surface area contributed by atoms with Crippen LogP contribution < -0.4 is 5.73 Å². The molecule has 0 aliphatic rings. The Morgan fingerprint density at radius 3 is 2.36 bits per heavy atom. The first-order chi connectivity index (χ1) is 6.66. The molecule has 0 aliphatic heterocycles. The second-order valence-electron chi connectivity index (χ2n) is 3.14. The molecule has 0 bridgehead atoms. The molecule has 0 radical (unpaired) electrons. The number of benzene rings is 1. The van der Waals surface area contributed by atoms with Crippen LogP contribution in [-0.4, -0.2) is 0 Å². The van der Waals surface area contributed by atoms with Crippen molar-refractivity contribution in [1.82, 2.24) is 0 Å². The van der Waals surface area contributed by atoms with Gasteiger partial charge in [-0.1, -0.05) is 28.1 Å². The lowest BCUT2D eigenvalue weighted by atomic mass is 10.1. The third-order valence-corrected chi connectivity index (χ3v) is 3.45. The summed E-state index contributed by atoms with van der Waals surface area (Å²) < 4.78 is 1.09. The Labute approximate surface area is 95.7 Å². The third-order valence-electron chi connectivity index (χ3n) is 2.04. The van der Waals surface area contributed by atoms with Gasteiger partial charge in [0.15, 0.2) is 0 Å². The fourth-order valence-electron chi connectivity index (χ4n) is 1.39. The Bertz CT molecular complexity index is 445. The molecule has 0 spiro atoms. The van der Waals surface area contributed by atoms with Crippen molar-refractivity contribution >= 4 is 32.3 Å². The molecule has 1 aromatic carbocycles. The van der Waals surface area contributed by atoms with E-state index in [9.17, 15) is 0 Å². The van der Waals surface area contributed by atoms with E-state index in [0.29, 0.717) is 0 Å². The van der Waals surface area contributed by atoms with Crippen LogP contribution in [-0.2, 0) is 0 Å². The van der Waals surface area contributed by atoms with Crippen molar-refractivity contribution in [3.63, 3.8) is 0 Å². The second kappa shape index (κ2) is 3.75. The van der Waals surface area contributed by atoms with Crippen LogP contribution in [0.5, 0.6) is 0 Å². The molecule has 0 unspecified atom stereocenters. The number of aryl methyl sites for hydroxylation is 1. The number of thiophene rings is 1. The van der Waals surface area contributed by atoms with Crippen molar-refractivity contribution in [3.8, 4) is 11.1 Å². The SMILES string of the molecule is Cc1cc(-c2ccc(Br)cc2)c(N)s1. The van der Waals surface area contributed by atoms with Gasteiger partial charge in [-0.2, -0.15) is 0 Å². The van der Waals surface area contributed by atoms with Crippen LogP contribution in [0.1, 0.15) is 4.88 Å². The van der Waals surface area contributed by atoms with Crippen molar-refractivity contribution < 1.29 is 0 Å². The van der Waals surface area contributed by atoms with E-state index < -0.39 is 0 Å². The lowest BCUT2D eigenvalue weighted by molar-refractivity contribution is 1.60. The van der Waals surface area contributed by atoms with Crippen LogP contribution in [0.3, 0.4) is 0 Å². The molecule has 0 saturated carbocycles. The Morgan fingerprint density at radius 1 is 1.21 bits per heavy atom. The minimum Gasteiger partial charge on any atom is -0.390 e. The molecule has 0 saturated heterocycles. The van der Waals surface area contributed by atoms with Crippen molar-refractivity contribution in [2.45, 2.75) is 6.92 Å². The molecule has 72 valence electrons. The predicted molar refractivity (Wildman–Crippen MR) is 66.6 cm³/mol. The maximum atomic E-state index is 5.92. The van der Waals surface area contributed by atoms with E-state index in [-0.39, 0.29) is 0 Å². The number of anilines is 1. The Morgan fingerprint density at radius 2 is 1.86 bits per heavy atom. The third kappa shape index (κ3) is 1.83. The summed E-state index contributed by atoms with van der Waals surface area (Å²) >= 11 is 5.05. The highest BCUT2D eigenvalue weighted by molar-refractivity contribution is 9.10. The Kier molecular flexibility index (Phi) is 2.61. The van der Waals surface area contributed by atoms with Gasteiger partial charge in [-0.3, -0.25) is 0 Å². The van der Waals surface area contributed by atoms with Crippen LogP contribution in [0, 0.1) is 6.92 Å². The van der Waals surface area contributed by atoms with Crippen molar-refractivity contribution in [1.29, 1.82) is 0 Å². The first kappa shape index (κ1) is 9.74. The van der Waals surface area contributed by atoms with E-state index in [0.717, 1.165) is 15.0 Å². The number of hydrogen-bond donors (Lipinski definition) is 1. The van der Waals surface area contributed by atoms with Gasteiger partial charge in [0.2, 0.25) is 0 Å². The van der Waals surface area contributed by atoms with Crippen molar-refractivity contribution in [3.05, 3.63) is 39.7 Å².